The molecule has 2 saturated heterocycles. The van der Waals surface area contributed by atoms with Crippen molar-refractivity contribution in [3.8, 4) is 0 Å². The number of carbonyl (C=O) groups is 2. The van der Waals surface area contributed by atoms with Crippen LogP contribution in [0.5, 0.6) is 0 Å². The van der Waals surface area contributed by atoms with E-state index in [2.05, 4.69) is 20.8 Å². The Morgan fingerprint density at radius 1 is 1.24 bits per heavy atom. The predicted octanol–water partition coefficient (Wildman–Crippen LogP) is 2.09. The molecule has 1 aromatic rings. The van der Waals surface area contributed by atoms with Crippen molar-refractivity contribution in [3.63, 3.8) is 0 Å². The lowest BCUT2D eigenvalue weighted by Gasteiger charge is -2.47. The molecular weight excluding hydrogens is 284 g/mol. The van der Waals surface area contributed by atoms with E-state index in [0.717, 1.165) is 11.1 Å². The van der Waals surface area contributed by atoms with Gasteiger partial charge >= 0.3 is 0 Å². The highest BCUT2D eigenvalue weighted by molar-refractivity contribution is 8.01. The van der Waals surface area contributed by atoms with Crippen LogP contribution >= 0.6 is 11.8 Å². The molecule has 0 radical (unpaired) electrons. The minimum atomic E-state index is -0.292. The quantitative estimate of drug-likeness (QED) is 0.746. The van der Waals surface area contributed by atoms with Crippen molar-refractivity contribution < 1.29 is 9.59 Å². The number of nitrogens with zero attached hydrogens (tertiary/aromatic N) is 2. The summed E-state index contributed by atoms with van der Waals surface area (Å²) in [5.41, 5.74) is 1.78. The van der Waals surface area contributed by atoms with Crippen LogP contribution in [-0.4, -0.2) is 43.8 Å². The minimum absolute atomic E-state index is 0.00144. The number of benzene rings is 1. The van der Waals surface area contributed by atoms with E-state index >= 15 is 0 Å². The van der Waals surface area contributed by atoms with E-state index in [0.29, 0.717) is 6.54 Å². The second-order valence-corrected chi connectivity index (χ2v) is 8.34. The van der Waals surface area contributed by atoms with Crippen molar-refractivity contribution >= 4 is 23.6 Å². The number of thioether (sulfide) groups is 1. The van der Waals surface area contributed by atoms with Crippen molar-refractivity contribution in [2.45, 2.75) is 49.5 Å². The number of hydrogen-bond donors (Lipinski definition) is 0. The molecule has 21 heavy (non-hydrogen) atoms. The zero-order valence-corrected chi connectivity index (χ0v) is 13.2. The monoisotopic (exact) mass is 302 g/mol. The van der Waals surface area contributed by atoms with E-state index in [1.54, 1.807) is 4.90 Å². The second kappa shape index (κ2) is 4.03. The van der Waals surface area contributed by atoms with Gasteiger partial charge in [0.25, 0.3) is 5.91 Å². The predicted molar refractivity (Wildman–Crippen MR) is 81.9 cm³/mol. The third kappa shape index (κ3) is 1.58. The van der Waals surface area contributed by atoms with Crippen LogP contribution in [0.15, 0.2) is 24.3 Å². The lowest BCUT2D eigenvalue weighted by Crippen LogP contribution is -2.69. The number of hydrogen-bond acceptors (Lipinski definition) is 3. The maximum absolute atomic E-state index is 12.6. The van der Waals surface area contributed by atoms with Crippen LogP contribution in [0.4, 0.5) is 0 Å². The number of rotatable bonds is 1. The number of carbonyl (C=O) groups excluding carboxylic acids is 2. The van der Waals surface area contributed by atoms with Gasteiger partial charge in [0.15, 0.2) is 0 Å². The van der Waals surface area contributed by atoms with E-state index in [9.17, 15) is 9.59 Å². The molecule has 3 aliphatic rings. The molecule has 0 aromatic heterocycles. The molecule has 0 unspecified atom stereocenters. The number of amides is 2. The smallest absolute Gasteiger partial charge is 0.255 e. The molecule has 0 aliphatic carbocycles. The molecule has 3 atom stereocenters. The highest BCUT2D eigenvalue weighted by Crippen LogP contribution is 2.52. The zero-order valence-electron chi connectivity index (χ0n) is 12.4. The first kappa shape index (κ1) is 13.2. The van der Waals surface area contributed by atoms with Crippen molar-refractivity contribution in [1.82, 2.24) is 9.80 Å². The number of fused-ring (bicyclic) bond motifs is 2. The largest absolute Gasteiger partial charge is 0.322 e. The Morgan fingerprint density at radius 2 is 1.95 bits per heavy atom. The Bertz CT molecular complexity index is 657. The SMILES string of the molecule is C[C@@H]1N2C(=O)[C@@H](N3Cc4ccccc4C3=O)[C@H]2SC1(C)C. The van der Waals surface area contributed by atoms with E-state index in [4.69, 9.17) is 0 Å². The van der Waals surface area contributed by atoms with Crippen LogP contribution in [0, 0.1) is 0 Å². The van der Waals surface area contributed by atoms with Crippen LogP contribution < -0.4 is 0 Å². The Labute approximate surface area is 128 Å². The molecule has 0 spiro atoms. The molecule has 2 fully saturated rings. The molecule has 0 bridgehead atoms. The maximum atomic E-state index is 12.6. The fraction of sp³-hybridized carbons (Fsp3) is 0.500. The minimum Gasteiger partial charge on any atom is -0.322 e. The van der Waals surface area contributed by atoms with Gasteiger partial charge in [-0.25, -0.2) is 0 Å². The van der Waals surface area contributed by atoms with Crippen LogP contribution in [0.1, 0.15) is 36.7 Å². The third-order valence-electron chi connectivity index (χ3n) is 5.08. The van der Waals surface area contributed by atoms with Gasteiger partial charge in [0.1, 0.15) is 11.4 Å². The van der Waals surface area contributed by atoms with E-state index in [1.165, 1.54) is 0 Å². The summed E-state index contributed by atoms with van der Waals surface area (Å²) in [7, 11) is 0. The molecule has 0 N–H and O–H groups in total. The van der Waals surface area contributed by atoms with Crippen LogP contribution in [0.25, 0.3) is 0 Å². The van der Waals surface area contributed by atoms with Gasteiger partial charge in [-0.3, -0.25) is 9.59 Å². The third-order valence-corrected chi connectivity index (χ3v) is 6.76. The van der Waals surface area contributed by atoms with E-state index in [-0.39, 0.29) is 34.0 Å². The second-order valence-electron chi connectivity index (χ2n) is 6.57. The van der Waals surface area contributed by atoms with Gasteiger partial charge in [-0.1, -0.05) is 18.2 Å². The highest BCUT2D eigenvalue weighted by Gasteiger charge is 2.62. The Balaban J connectivity index is 1.63. The van der Waals surface area contributed by atoms with E-state index in [1.807, 2.05) is 40.9 Å². The van der Waals surface area contributed by atoms with E-state index < -0.39 is 0 Å². The summed E-state index contributed by atoms with van der Waals surface area (Å²) in [6.45, 7) is 7.00. The van der Waals surface area contributed by atoms with Gasteiger partial charge in [-0.15, -0.1) is 11.8 Å². The Hall–Kier alpha value is -1.49. The van der Waals surface area contributed by atoms with Crippen molar-refractivity contribution in [2.24, 2.45) is 0 Å². The normalized spacial score (nSPS) is 33.0. The molecule has 4 nitrogen and oxygen atoms in total. The topological polar surface area (TPSA) is 40.6 Å². The van der Waals surface area contributed by atoms with Gasteiger partial charge in [0, 0.05) is 22.9 Å². The summed E-state index contributed by atoms with van der Waals surface area (Å²) in [5.74, 6) is 0.105. The zero-order chi connectivity index (χ0) is 14.9. The fourth-order valence-electron chi connectivity index (χ4n) is 3.54. The molecule has 4 rings (SSSR count). The molecule has 0 saturated carbocycles. The molecular formula is C16H18N2O2S. The summed E-state index contributed by atoms with van der Waals surface area (Å²) >= 11 is 1.82. The van der Waals surface area contributed by atoms with Gasteiger partial charge in [-0.2, -0.15) is 0 Å². The Morgan fingerprint density at radius 3 is 2.67 bits per heavy atom. The lowest BCUT2D eigenvalue weighted by molar-refractivity contribution is -0.153. The summed E-state index contributed by atoms with van der Waals surface area (Å²) in [6.07, 6.45) is 0. The van der Waals surface area contributed by atoms with Gasteiger partial charge in [-0.05, 0) is 32.4 Å². The average Bonchev–Trinajstić information content (AvgIpc) is 2.85. The van der Waals surface area contributed by atoms with Gasteiger partial charge in [0.2, 0.25) is 5.91 Å². The maximum Gasteiger partial charge on any atom is 0.255 e. The average molecular weight is 302 g/mol. The van der Waals surface area contributed by atoms with Crippen LogP contribution in [-0.2, 0) is 11.3 Å². The first-order valence-corrected chi connectivity index (χ1v) is 8.18. The first-order valence-electron chi connectivity index (χ1n) is 7.31. The summed E-state index contributed by atoms with van der Waals surface area (Å²) < 4.78 is 0.0463. The molecule has 110 valence electrons. The Kier molecular flexibility index (Phi) is 2.53. The fourth-order valence-corrected chi connectivity index (χ4v) is 5.26. The van der Waals surface area contributed by atoms with Gasteiger partial charge in [0.05, 0.1) is 0 Å². The van der Waals surface area contributed by atoms with Crippen molar-refractivity contribution in [2.75, 3.05) is 0 Å². The van der Waals surface area contributed by atoms with Crippen LogP contribution in [0.2, 0.25) is 0 Å². The highest BCUT2D eigenvalue weighted by atomic mass is 32.2. The molecule has 3 heterocycles. The summed E-state index contributed by atoms with van der Waals surface area (Å²) in [6, 6.07) is 7.58. The van der Waals surface area contributed by atoms with Crippen molar-refractivity contribution in [3.05, 3.63) is 35.4 Å². The standard InChI is InChI=1S/C16H18N2O2S/c1-9-16(2,3)21-15-12(14(20)18(9)15)17-8-10-6-4-5-7-11(10)13(17)19/h4-7,9,12,15H,8H2,1-3H3/t9-,12+,15+/m0/s1. The van der Waals surface area contributed by atoms with Crippen molar-refractivity contribution in [1.29, 1.82) is 0 Å². The molecule has 5 heteroatoms. The molecule has 1 aromatic carbocycles. The molecule has 3 aliphatic heterocycles. The first-order chi connectivity index (χ1) is 9.92. The van der Waals surface area contributed by atoms with Crippen LogP contribution in [0.3, 0.4) is 0 Å². The summed E-state index contributed by atoms with van der Waals surface area (Å²) in [4.78, 5) is 28.8. The number of β-lactam (4-membered cyclic amide) rings is 1. The molecule has 2 amide bonds. The summed E-state index contributed by atoms with van der Waals surface area (Å²) in [5, 5.41) is 0.112. The van der Waals surface area contributed by atoms with Gasteiger partial charge < -0.3 is 9.80 Å². The lowest BCUT2D eigenvalue weighted by atomic mass is 9.97.